The maximum atomic E-state index is 12.9. The van der Waals surface area contributed by atoms with E-state index in [0.29, 0.717) is 24.5 Å². The van der Waals surface area contributed by atoms with Crippen molar-refractivity contribution in [2.45, 2.75) is 32.6 Å². The van der Waals surface area contributed by atoms with E-state index in [4.69, 9.17) is 0 Å². The first kappa shape index (κ1) is 18.2. The molecule has 1 aromatic heterocycles. The minimum absolute atomic E-state index is 0.124. The van der Waals surface area contributed by atoms with Crippen LogP contribution < -0.4 is 10.2 Å². The van der Waals surface area contributed by atoms with Gasteiger partial charge in [0.25, 0.3) is 0 Å². The van der Waals surface area contributed by atoms with Crippen LogP contribution in [0.2, 0.25) is 0 Å². The highest BCUT2D eigenvalue weighted by Crippen LogP contribution is 2.51. The number of carbonyl (C=O) groups is 2. The van der Waals surface area contributed by atoms with E-state index in [2.05, 4.69) is 16.4 Å². The van der Waals surface area contributed by atoms with Crippen molar-refractivity contribution in [1.29, 1.82) is 5.26 Å². The van der Waals surface area contributed by atoms with Crippen molar-refractivity contribution in [3.05, 3.63) is 53.7 Å². The quantitative estimate of drug-likeness (QED) is 0.871. The van der Waals surface area contributed by atoms with E-state index >= 15 is 0 Å². The highest BCUT2D eigenvalue weighted by Gasteiger charge is 2.56. The Morgan fingerprint density at radius 2 is 2.18 bits per heavy atom. The molecule has 2 aromatic rings. The summed E-state index contributed by atoms with van der Waals surface area (Å²) >= 11 is 0. The topological polar surface area (TPSA) is 86.1 Å². The molecule has 1 aliphatic carbocycles. The first-order valence-electron chi connectivity index (χ1n) is 9.56. The number of nitriles is 1. The van der Waals surface area contributed by atoms with Gasteiger partial charge in [-0.2, -0.15) is 5.26 Å². The van der Waals surface area contributed by atoms with Crippen LogP contribution in [-0.4, -0.2) is 23.3 Å². The number of aryl methyl sites for hydroxylation is 1. The molecule has 2 aliphatic rings. The summed E-state index contributed by atoms with van der Waals surface area (Å²) in [7, 11) is 0. The minimum atomic E-state index is -0.877. The van der Waals surface area contributed by atoms with E-state index in [1.807, 2.05) is 31.2 Å². The minimum Gasteiger partial charge on any atom is -0.311 e. The van der Waals surface area contributed by atoms with E-state index in [-0.39, 0.29) is 24.2 Å². The molecular weight excluding hydrogens is 352 g/mol. The number of anilines is 2. The molecule has 1 saturated heterocycles. The number of benzene rings is 1. The fourth-order valence-corrected chi connectivity index (χ4v) is 3.98. The summed E-state index contributed by atoms with van der Waals surface area (Å²) < 4.78 is 0. The van der Waals surface area contributed by atoms with Gasteiger partial charge in [0, 0.05) is 24.5 Å². The Labute approximate surface area is 164 Å². The Hall–Kier alpha value is -3.20. The molecule has 2 amide bonds. The first-order chi connectivity index (χ1) is 13.5. The zero-order valence-corrected chi connectivity index (χ0v) is 15.8. The van der Waals surface area contributed by atoms with Crippen molar-refractivity contribution in [2.24, 2.45) is 11.3 Å². The van der Waals surface area contributed by atoms with Gasteiger partial charge in [-0.3, -0.25) is 9.59 Å². The molecular formula is C22H22N4O2. The van der Waals surface area contributed by atoms with Crippen LogP contribution in [0, 0.1) is 29.6 Å². The Morgan fingerprint density at radius 1 is 1.36 bits per heavy atom. The molecule has 6 nitrogen and oxygen atoms in total. The Balaban J connectivity index is 1.47. The highest BCUT2D eigenvalue weighted by atomic mass is 16.2. The van der Waals surface area contributed by atoms with Crippen LogP contribution in [0.25, 0.3) is 0 Å². The van der Waals surface area contributed by atoms with Gasteiger partial charge in [0.2, 0.25) is 11.8 Å². The van der Waals surface area contributed by atoms with Gasteiger partial charge < -0.3 is 10.2 Å². The predicted octanol–water partition coefficient (Wildman–Crippen LogP) is 3.23. The standard InChI is InChI=1S/C22H22N4O2/c1-15-3-2-4-16(11-15)12-20(27)25-19-13-18(7-9-24-19)26-10-8-22(14-23,21(26)28)17-5-6-17/h2-4,7,9,11,13,17H,5-6,8,10,12H2,1H3,(H,24,25,27)/t22-/m1/s1. The molecule has 2 fully saturated rings. The average molecular weight is 374 g/mol. The Bertz CT molecular complexity index is 976. The second kappa shape index (κ2) is 7.08. The van der Waals surface area contributed by atoms with Crippen molar-refractivity contribution in [3.63, 3.8) is 0 Å². The maximum absolute atomic E-state index is 12.9. The van der Waals surface area contributed by atoms with Crippen LogP contribution in [0.5, 0.6) is 0 Å². The molecule has 1 saturated carbocycles. The van der Waals surface area contributed by atoms with Crippen LogP contribution in [0.1, 0.15) is 30.4 Å². The van der Waals surface area contributed by atoms with Crippen LogP contribution in [0.3, 0.4) is 0 Å². The summed E-state index contributed by atoms with van der Waals surface area (Å²) in [6.45, 7) is 2.51. The number of pyridine rings is 1. The number of rotatable bonds is 5. The van der Waals surface area contributed by atoms with Gasteiger partial charge in [0.15, 0.2) is 0 Å². The van der Waals surface area contributed by atoms with Gasteiger partial charge in [-0.05, 0) is 43.7 Å². The number of nitrogens with zero attached hydrogens (tertiary/aromatic N) is 3. The molecule has 1 atom stereocenters. The number of aromatic nitrogens is 1. The number of hydrogen-bond donors (Lipinski definition) is 1. The molecule has 0 unspecified atom stereocenters. The molecule has 6 heteroatoms. The molecule has 142 valence electrons. The lowest BCUT2D eigenvalue weighted by molar-refractivity contribution is -0.123. The lowest BCUT2D eigenvalue weighted by Crippen LogP contribution is -2.35. The number of amides is 2. The van der Waals surface area contributed by atoms with E-state index in [9.17, 15) is 14.9 Å². The predicted molar refractivity (Wildman–Crippen MR) is 105 cm³/mol. The van der Waals surface area contributed by atoms with E-state index in [1.54, 1.807) is 23.2 Å². The highest BCUT2D eigenvalue weighted by molar-refractivity contribution is 6.02. The van der Waals surface area contributed by atoms with Gasteiger partial charge in [0.05, 0.1) is 12.5 Å². The number of carbonyl (C=O) groups excluding carboxylic acids is 2. The van der Waals surface area contributed by atoms with Gasteiger partial charge in [-0.25, -0.2) is 4.98 Å². The summed E-state index contributed by atoms with van der Waals surface area (Å²) in [5.74, 6) is 0.308. The summed E-state index contributed by atoms with van der Waals surface area (Å²) in [5.41, 5.74) is 1.84. The summed E-state index contributed by atoms with van der Waals surface area (Å²) in [5, 5.41) is 12.4. The monoisotopic (exact) mass is 374 g/mol. The number of nitrogens with one attached hydrogen (secondary N) is 1. The Morgan fingerprint density at radius 3 is 2.89 bits per heavy atom. The third-order valence-electron chi connectivity index (χ3n) is 5.60. The second-order valence-corrected chi connectivity index (χ2v) is 7.68. The molecule has 0 spiro atoms. The molecule has 4 rings (SSSR count). The van der Waals surface area contributed by atoms with Crippen LogP contribution in [0.4, 0.5) is 11.5 Å². The lowest BCUT2D eigenvalue weighted by Gasteiger charge is -2.21. The fourth-order valence-electron chi connectivity index (χ4n) is 3.98. The molecule has 28 heavy (non-hydrogen) atoms. The number of hydrogen-bond acceptors (Lipinski definition) is 4. The van der Waals surface area contributed by atoms with Crippen molar-refractivity contribution in [1.82, 2.24) is 4.98 Å². The molecule has 1 N–H and O–H groups in total. The van der Waals surface area contributed by atoms with Crippen molar-refractivity contribution >= 4 is 23.3 Å². The average Bonchev–Trinajstić information content (AvgIpc) is 3.46. The van der Waals surface area contributed by atoms with Crippen molar-refractivity contribution in [3.8, 4) is 6.07 Å². The smallest absolute Gasteiger partial charge is 0.247 e. The van der Waals surface area contributed by atoms with E-state index in [1.165, 1.54) is 0 Å². The zero-order chi connectivity index (χ0) is 19.7. The maximum Gasteiger partial charge on any atom is 0.247 e. The summed E-state index contributed by atoms with van der Waals surface area (Å²) in [6.07, 6.45) is 4.29. The van der Waals surface area contributed by atoms with E-state index in [0.717, 1.165) is 24.0 Å². The normalized spacial score (nSPS) is 21.4. The van der Waals surface area contributed by atoms with Crippen LogP contribution in [0.15, 0.2) is 42.6 Å². The van der Waals surface area contributed by atoms with Gasteiger partial charge >= 0.3 is 0 Å². The van der Waals surface area contributed by atoms with Gasteiger partial charge in [0.1, 0.15) is 11.2 Å². The molecule has 1 aromatic carbocycles. The van der Waals surface area contributed by atoms with E-state index < -0.39 is 5.41 Å². The largest absolute Gasteiger partial charge is 0.311 e. The van der Waals surface area contributed by atoms with Crippen LogP contribution >= 0.6 is 0 Å². The second-order valence-electron chi connectivity index (χ2n) is 7.68. The summed E-state index contributed by atoms with van der Waals surface area (Å²) in [6, 6.07) is 13.5. The molecule has 0 radical (unpaired) electrons. The lowest BCUT2D eigenvalue weighted by atomic mass is 9.83. The van der Waals surface area contributed by atoms with Gasteiger partial charge in [-0.15, -0.1) is 0 Å². The molecule has 2 heterocycles. The molecule has 0 bridgehead atoms. The molecule has 1 aliphatic heterocycles. The van der Waals surface area contributed by atoms with Crippen molar-refractivity contribution < 1.29 is 9.59 Å². The first-order valence-corrected chi connectivity index (χ1v) is 9.56. The Kier molecular flexibility index (Phi) is 4.60. The SMILES string of the molecule is Cc1cccc(CC(=O)Nc2cc(N3CC[C@@](C#N)(C4CC4)C3=O)ccn2)c1. The van der Waals surface area contributed by atoms with Crippen molar-refractivity contribution in [2.75, 3.05) is 16.8 Å². The summed E-state index contributed by atoms with van der Waals surface area (Å²) in [4.78, 5) is 31.2. The fraction of sp³-hybridized carbons (Fsp3) is 0.364. The third-order valence-corrected chi connectivity index (χ3v) is 5.60. The van der Waals surface area contributed by atoms with Gasteiger partial charge in [-0.1, -0.05) is 29.8 Å². The van der Waals surface area contributed by atoms with Crippen LogP contribution in [-0.2, 0) is 16.0 Å². The third kappa shape index (κ3) is 3.36. The zero-order valence-electron chi connectivity index (χ0n) is 15.8.